The van der Waals surface area contributed by atoms with Crippen LogP contribution in [0.2, 0.25) is 5.02 Å². The predicted octanol–water partition coefficient (Wildman–Crippen LogP) is 3.13. The van der Waals surface area contributed by atoms with Crippen molar-refractivity contribution in [3.8, 4) is 11.5 Å². The smallest absolute Gasteiger partial charge is 0.149 e. The molecule has 1 atom stereocenters. The number of aromatic nitrogens is 1. The molecule has 2 aromatic rings. The van der Waals surface area contributed by atoms with Crippen molar-refractivity contribution in [2.75, 3.05) is 6.54 Å². The molecule has 1 aromatic heterocycles. The first kappa shape index (κ1) is 11.5. The largest absolute Gasteiger partial charge is 0.455 e. The van der Waals surface area contributed by atoms with Gasteiger partial charge in [-0.15, -0.1) is 0 Å². The Morgan fingerprint density at radius 2 is 2.22 bits per heavy atom. The van der Waals surface area contributed by atoms with Gasteiger partial charge in [0.1, 0.15) is 11.5 Å². The van der Waals surface area contributed by atoms with Crippen molar-refractivity contribution in [2.24, 2.45) is 5.73 Å². The van der Waals surface area contributed by atoms with Gasteiger partial charge in [0.05, 0.1) is 5.69 Å². The summed E-state index contributed by atoms with van der Waals surface area (Å²) >= 11 is 6.03. The molecule has 0 radical (unpaired) electrons. The van der Waals surface area contributed by atoms with Gasteiger partial charge in [-0.25, -0.2) is 0 Å². The molecule has 3 nitrogen and oxygen atoms in total. The van der Waals surface area contributed by atoms with E-state index >= 15 is 0 Å². The summed E-state index contributed by atoms with van der Waals surface area (Å²) in [5.41, 5.74) is 7.86. The van der Waals surface area contributed by atoms with E-state index in [9.17, 15) is 0 Å². The van der Waals surface area contributed by atoms with Crippen molar-refractivity contribution in [3.63, 3.8) is 0 Å². The summed E-state index contributed by atoms with van der Waals surface area (Å²) in [6.45, 7) is 0.541. The monoisotopic (exact) mass is 260 g/mol. The van der Waals surface area contributed by atoms with Gasteiger partial charge in [-0.1, -0.05) is 11.6 Å². The van der Waals surface area contributed by atoms with Crippen molar-refractivity contribution in [2.45, 2.75) is 12.3 Å². The Morgan fingerprint density at radius 3 is 3.06 bits per heavy atom. The van der Waals surface area contributed by atoms with Gasteiger partial charge in [-0.05, 0) is 42.3 Å². The number of rotatable bonds is 1. The molecular formula is C14H13ClN2O. The minimum absolute atomic E-state index is 0.168. The standard InChI is InChI=1S/C14H13ClN2O/c15-11-3-4-12-9(7-11)6-10(8-16)14-13(18-12)2-1-5-17-14/h1-5,7,10H,6,8,16H2/t10-/m1/s1. The Morgan fingerprint density at radius 1 is 1.33 bits per heavy atom. The van der Waals surface area contributed by atoms with Crippen molar-refractivity contribution in [1.82, 2.24) is 4.98 Å². The SMILES string of the molecule is NC[C@H]1Cc2cc(Cl)ccc2Oc2cccnc21. The van der Waals surface area contributed by atoms with Gasteiger partial charge in [0, 0.05) is 23.7 Å². The van der Waals surface area contributed by atoms with Crippen LogP contribution in [0.4, 0.5) is 0 Å². The Labute approximate surface area is 111 Å². The molecule has 0 amide bonds. The third-order valence-corrected chi connectivity index (χ3v) is 3.41. The maximum Gasteiger partial charge on any atom is 0.149 e. The van der Waals surface area contributed by atoms with E-state index in [0.29, 0.717) is 11.6 Å². The number of nitrogens with two attached hydrogens (primary N) is 1. The van der Waals surface area contributed by atoms with Crippen LogP contribution in [0.5, 0.6) is 11.5 Å². The molecule has 0 aliphatic carbocycles. The van der Waals surface area contributed by atoms with Gasteiger partial charge < -0.3 is 10.5 Å². The van der Waals surface area contributed by atoms with Crippen LogP contribution in [0, 0.1) is 0 Å². The highest BCUT2D eigenvalue weighted by atomic mass is 35.5. The van der Waals surface area contributed by atoms with E-state index in [1.807, 2.05) is 30.3 Å². The highest BCUT2D eigenvalue weighted by molar-refractivity contribution is 6.30. The summed E-state index contributed by atoms with van der Waals surface area (Å²) in [5.74, 6) is 1.79. The average Bonchev–Trinajstić information content (AvgIpc) is 2.54. The molecule has 0 fully saturated rings. The van der Waals surface area contributed by atoms with Crippen LogP contribution >= 0.6 is 11.6 Å². The van der Waals surface area contributed by atoms with Crippen LogP contribution < -0.4 is 10.5 Å². The number of hydrogen-bond acceptors (Lipinski definition) is 3. The first-order chi connectivity index (χ1) is 8.78. The second-order valence-corrected chi connectivity index (χ2v) is 4.81. The molecule has 1 aliphatic heterocycles. The quantitative estimate of drug-likeness (QED) is 0.857. The molecule has 0 saturated heterocycles. The van der Waals surface area contributed by atoms with E-state index < -0.39 is 0 Å². The van der Waals surface area contributed by atoms with Crippen LogP contribution in [0.25, 0.3) is 0 Å². The van der Waals surface area contributed by atoms with Crippen molar-refractivity contribution in [3.05, 3.63) is 52.8 Å². The fraction of sp³-hybridized carbons (Fsp3) is 0.214. The Kier molecular flexibility index (Phi) is 2.94. The van der Waals surface area contributed by atoms with Gasteiger partial charge in [0.2, 0.25) is 0 Å². The summed E-state index contributed by atoms with van der Waals surface area (Å²) < 4.78 is 5.91. The third kappa shape index (κ3) is 1.96. The average molecular weight is 261 g/mol. The van der Waals surface area contributed by atoms with E-state index in [4.69, 9.17) is 22.1 Å². The minimum Gasteiger partial charge on any atom is -0.455 e. The van der Waals surface area contributed by atoms with Crippen molar-refractivity contribution < 1.29 is 4.74 Å². The molecule has 2 N–H and O–H groups in total. The van der Waals surface area contributed by atoms with Gasteiger partial charge in [0.25, 0.3) is 0 Å². The number of fused-ring (bicyclic) bond motifs is 2. The molecular weight excluding hydrogens is 248 g/mol. The maximum atomic E-state index is 6.03. The van der Waals surface area contributed by atoms with E-state index in [-0.39, 0.29) is 5.92 Å². The van der Waals surface area contributed by atoms with Crippen LogP contribution in [-0.4, -0.2) is 11.5 Å². The topological polar surface area (TPSA) is 48.1 Å². The van der Waals surface area contributed by atoms with E-state index in [1.54, 1.807) is 6.20 Å². The van der Waals surface area contributed by atoms with Crippen LogP contribution in [0.3, 0.4) is 0 Å². The van der Waals surface area contributed by atoms with E-state index in [0.717, 1.165) is 29.2 Å². The summed E-state index contributed by atoms with van der Waals surface area (Å²) in [7, 11) is 0. The maximum absolute atomic E-state index is 6.03. The zero-order valence-electron chi connectivity index (χ0n) is 9.77. The lowest BCUT2D eigenvalue weighted by Gasteiger charge is -2.12. The van der Waals surface area contributed by atoms with Crippen LogP contribution in [0.15, 0.2) is 36.5 Å². The molecule has 0 unspecified atom stereocenters. The molecule has 18 heavy (non-hydrogen) atoms. The summed E-state index contributed by atoms with van der Waals surface area (Å²) in [6.07, 6.45) is 2.57. The predicted molar refractivity (Wildman–Crippen MR) is 71.3 cm³/mol. The van der Waals surface area contributed by atoms with E-state index in [1.165, 1.54) is 0 Å². The third-order valence-electron chi connectivity index (χ3n) is 3.18. The Bertz CT molecular complexity index is 586. The number of pyridine rings is 1. The number of benzene rings is 1. The van der Waals surface area contributed by atoms with Gasteiger partial charge in [0.15, 0.2) is 0 Å². The van der Waals surface area contributed by atoms with Crippen LogP contribution in [0.1, 0.15) is 17.2 Å². The number of halogens is 1. The zero-order valence-corrected chi connectivity index (χ0v) is 10.5. The molecule has 4 heteroatoms. The molecule has 3 rings (SSSR count). The lowest BCUT2D eigenvalue weighted by Crippen LogP contribution is -2.15. The van der Waals surface area contributed by atoms with Gasteiger partial charge >= 0.3 is 0 Å². The fourth-order valence-corrected chi connectivity index (χ4v) is 2.47. The first-order valence-corrected chi connectivity index (χ1v) is 6.27. The molecule has 0 spiro atoms. The normalized spacial score (nSPS) is 17.3. The second kappa shape index (κ2) is 4.59. The zero-order chi connectivity index (χ0) is 12.5. The van der Waals surface area contributed by atoms with E-state index in [2.05, 4.69) is 4.98 Å². The Hall–Kier alpha value is -1.58. The molecule has 1 aliphatic rings. The molecule has 2 heterocycles. The fourth-order valence-electron chi connectivity index (χ4n) is 2.28. The van der Waals surface area contributed by atoms with Crippen LogP contribution in [-0.2, 0) is 6.42 Å². The Balaban J connectivity index is 2.13. The second-order valence-electron chi connectivity index (χ2n) is 4.38. The van der Waals surface area contributed by atoms with Gasteiger partial charge in [-0.2, -0.15) is 0 Å². The summed E-state index contributed by atoms with van der Waals surface area (Å²) in [6, 6.07) is 9.46. The summed E-state index contributed by atoms with van der Waals surface area (Å²) in [5, 5.41) is 0.715. The number of nitrogens with zero attached hydrogens (tertiary/aromatic N) is 1. The summed E-state index contributed by atoms with van der Waals surface area (Å²) in [4.78, 5) is 4.40. The highest BCUT2D eigenvalue weighted by Crippen LogP contribution is 2.38. The molecule has 0 saturated carbocycles. The lowest BCUT2D eigenvalue weighted by molar-refractivity contribution is 0.474. The highest BCUT2D eigenvalue weighted by Gasteiger charge is 2.23. The molecule has 1 aromatic carbocycles. The molecule has 0 bridgehead atoms. The van der Waals surface area contributed by atoms with Crippen molar-refractivity contribution >= 4 is 11.6 Å². The first-order valence-electron chi connectivity index (χ1n) is 5.89. The van der Waals surface area contributed by atoms with Gasteiger partial charge in [-0.3, -0.25) is 4.98 Å². The minimum atomic E-state index is 0.168. The van der Waals surface area contributed by atoms with Crippen molar-refractivity contribution in [1.29, 1.82) is 0 Å². The molecule has 92 valence electrons. The number of hydrogen-bond donors (Lipinski definition) is 1. The lowest BCUT2D eigenvalue weighted by atomic mass is 9.96. The number of ether oxygens (including phenoxy) is 1.